The normalized spacial score (nSPS) is 12.5. The van der Waals surface area contributed by atoms with E-state index in [-0.39, 0.29) is 18.9 Å². The smallest absolute Gasteiger partial charge is 0.289 e. The summed E-state index contributed by atoms with van der Waals surface area (Å²) >= 11 is 0. The van der Waals surface area contributed by atoms with Crippen LogP contribution in [0.4, 0.5) is 26.3 Å². The molecule has 0 fully saturated rings. The summed E-state index contributed by atoms with van der Waals surface area (Å²) in [7, 11) is -0.598. The molecule has 9 heteroatoms. The standard InChI is InChI=1S/C13H13F6OP.Li/c1-2-3-7-21-11(20)10-8(12(14,15)16)5-4-6-9(10)13(17,18)19;/h4-6,21H,2-3,7H2,1H3;. The molecule has 0 amide bonds. The van der Waals surface area contributed by atoms with Gasteiger partial charge in [-0.25, -0.2) is 0 Å². The molecule has 0 saturated carbocycles. The van der Waals surface area contributed by atoms with E-state index in [4.69, 9.17) is 0 Å². The molecule has 1 nitrogen and oxygen atoms in total. The molecular weight excluding hydrogens is 324 g/mol. The van der Waals surface area contributed by atoms with E-state index in [2.05, 4.69) is 0 Å². The zero-order valence-electron chi connectivity index (χ0n) is 12.0. The van der Waals surface area contributed by atoms with Crippen molar-refractivity contribution in [2.75, 3.05) is 6.16 Å². The first-order valence-corrected chi connectivity index (χ1v) is 7.35. The summed E-state index contributed by atoms with van der Waals surface area (Å²) in [5.74, 6) is 0. The van der Waals surface area contributed by atoms with Gasteiger partial charge in [0.1, 0.15) is 0 Å². The third-order valence-electron chi connectivity index (χ3n) is 2.72. The molecule has 1 unspecified atom stereocenters. The Balaban J connectivity index is 0.00000441. The fraction of sp³-hybridized carbons (Fsp3) is 0.462. The summed E-state index contributed by atoms with van der Waals surface area (Å²) in [5, 5.41) is 0. The number of hydrogen-bond acceptors (Lipinski definition) is 1. The number of alkyl halides is 6. The Kier molecular flexibility index (Phi) is 8.19. The maximum atomic E-state index is 12.8. The molecule has 119 valence electrons. The third kappa shape index (κ3) is 5.61. The molecule has 0 N–H and O–H groups in total. The van der Waals surface area contributed by atoms with E-state index in [1.807, 2.05) is 6.92 Å². The average Bonchev–Trinajstić information content (AvgIpc) is 2.36. The van der Waals surface area contributed by atoms with Crippen molar-refractivity contribution in [1.82, 2.24) is 0 Å². The Morgan fingerprint density at radius 3 is 1.86 bits per heavy atom. The van der Waals surface area contributed by atoms with Crippen LogP contribution in [0.5, 0.6) is 0 Å². The molecule has 0 aliphatic rings. The molecule has 1 atom stereocenters. The van der Waals surface area contributed by atoms with Crippen molar-refractivity contribution in [3.8, 4) is 0 Å². The molecule has 1 aromatic rings. The second-order valence-corrected chi connectivity index (χ2v) is 5.64. The summed E-state index contributed by atoms with van der Waals surface area (Å²) in [5.41, 5.74) is -5.40. The summed E-state index contributed by atoms with van der Waals surface area (Å²) in [6.45, 7) is 1.82. The van der Waals surface area contributed by atoms with Crippen molar-refractivity contribution in [2.45, 2.75) is 32.1 Å². The Morgan fingerprint density at radius 2 is 1.50 bits per heavy atom. The monoisotopic (exact) mass is 337 g/mol. The largest absolute Gasteiger partial charge is 0.417 e. The summed E-state index contributed by atoms with van der Waals surface area (Å²) < 4.78 is 77.1. The predicted octanol–water partition coefficient (Wildman–Crippen LogP) is 4.96. The fourth-order valence-electron chi connectivity index (χ4n) is 1.74. The number of unbranched alkanes of at least 4 members (excludes halogenated alkanes) is 1. The van der Waals surface area contributed by atoms with Crippen molar-refractivity contribution in [3.63, 3.8) is 0 Å². The van der Waals surface area contributed by atoms with Gasteiger partial charge in [0.25, 0.3) is 0 Å². The van der Waals surface area contributed by atoms with E-state index in [0.717, 1.165) is 0 Å². The predicted molar refractivity (Wildman–Crippen MR) is 74.6 cm³/mol. The zero-order chi connectivity index (χ0) is 16.3. The van der Waals surface area contributed by atoms with Crippen LogP contribution in [-0.4, -0.2) is 30.5 Å². The Labute approximate surface area is 137 Å². The molecule has 1 rings (SSSR count). The van der Waals surface area contributed by atoms with Crippen LogP contribution in [0.1, 0.15) is 41.3 Å². The minimum atomic E-state index is -5.00. The van der Waals surface area contributed by atoms with Crippen LogP contribution in [0.15, 0.2) is 18.2 Å². The molecule has 0 bridgehead atoms. The van der Waals surface area contributed by atoms with Crippen molar-refractivity contribution in [2.24, 2.45) is 0 Å². The Morgan fingerprint density at radius 1 is 1.05 bits per heavy atom. The Hall–Kier alpha value is -0.503. The SMILES string of the molecule is CCCCPC(=O)c1c(C(F)(F)F)cccc1C(F)(F)F.[Li]. The molecule has 0 saturated heterocycles. The molecule has 22 heavy (non-hydrogen) atoms. The van der Waals surface area contributed by atoms with Gasteiger partial charge in [-0.2, -0.15) is 26.3 Å². The van der Waals surface area contributed by atoms with E-state index < -0.39 is 43.1 Å². The maximum Gasteiger partial charge on any atom is 0.417 e. The number of benzene rings is 1. The summed E-state index contributed by atoms with van der Waals surface area (Å²) in [6, 6.07) is 1.68. The number of carbonyl (C=O) groups excluding carboxylic acids is 1. The number of halogens is 6. The van der Waals surface area contributed by atoms with Crippen LogP contribution >= 0.6 is 8.58 Å². The third-order valence-corrected chi connectivity index (χ3v) is 3.89. The number of rotatable bonds is 5. The second kappa shape index (κ2) is 8.38. The number of carbonyl (C=O) groups is 1. The molecule has 0 aliphatic heterocycles. The molecule has 0 aliphatic carbocycles. The van der Waals surface area contributed by atoms with E-state index in [9.17, 15) is 31.1 Å². The maximum absolute atomic E-state index is 12.8. The summed E-state index contributed by atoms with van der Waals surface area (Å²) in [4.78, 5) is 11.9. The van der Waals surface area contributed by atoms with Gasteiger partial charge < -0.3 is 0 Å². The second-order valence-electron chi connectivity index (χ2n) is 4.33. The molecule has 1 aromatic carbocycles. The quantitative estimate of drug-likeness (QED) is 0.321. The van der Waals surface area contributed by atoms with E-state index in [0.29, 0.717) is 37.2 Å². The molecule has 1 radical (unpaired) electrons. The van der Waals surface area contributed by atoms with Crippen molar-refractivity contribution < 1.29 is 31.1 Å². The molecule has 0 spiro atoms. The first-order chi connectivity index (χ1) is 9.59. The molecule has 0 heterocycles. The van der Waals surface area contributed by atoms with Gasteiger partial charge >= 0.3 is 12.4 Å². The first kappa shape index (κ1) is 21.5. The first-order valence-electron chi connectivity index (χ1n) is 6.14. The van der Waals surface area contributed by atoms with Gasteiger partial charge in [-0.05, 0) is 33.3 Å². The molecule has 0 aromatic heterocycles. The van der Waals surface area contributed by atoms with E-state index in [1.54, 1.807) is 0 Å². The van der Waals surface area contributed by atoms with Crippen LogP contribution in [-0.2, 0) is 12.4 Å². The van der Waals surface area contributed by atoms with E-state index in [1.165, 1.54) is 0 Å². The number of hydrogen-bond donors (Lipinski definition) is 0. The van der Waals surface area contributed by atoms with Gasteiger partial charge in [0, 0.05) is 24.4 Å². The minimum Gasteiger partial charge on any atom is -0.289 e. The average molecular weight is 337 g/mol. The summed E-state index contributed by atoms with van der Waals surface area (Å²) in [6.07, 6.45) is -8.41. The van der Waals surface area contributed by atoms with Crippen LogP contribution in [0.25, 0.3) is 0 Å². The van der Waals surface area contributed by atoms with Gasteiger partial charge in [-0.15, -0.1) is 0 Å². The van der Waals surface area contributed by atoms with Crippen LogP contribution in [0.2, 0.25) is 0 Å². The van der Waals surface area contributed by atoms with Gasteiger partial charge in [0.2, 0.25) is 0 Å². The molecular formula is C13H13F6LiOP. The van der Waals surface area contributed by atoms with E-state index >= 15 is 0 Å². The topological polar surface area (TPSA) is 17.1 Å². The minimum absolute atomic E-state index is 0. The van der Waals surface area contributed by atoms with Crippen molar-refractivity contribution in [1.29, 1.82) is 0 Å². The Bertz CT molecular complexity index is 480. The van der Waals surface area contributed by atoms with Crippen LogP contribution in [0, 0.1) is 0 Å². The van der Waals surface area contributed by atoms with Gasteiger partial charge in [0.05, 0.1) is 11.1 Å². The fourth-order valence-corrected chi connectivity index (χ4v) is 2.94. The zero-order valence-corrected chi connectivity index (χ0v) is 13.0. The van der Waals surface area contributed by atoms with Crippen molar-refractivity contribution >= 4 is 33.0 Å². The van der Waals surface area contributed by atoms with Crippen LogP contribution < -0.4 is 0 Å². The van der Waals surface area contributed by atoms with Gasteiger partial charge in [-0.1, -0.05) is 19.4 Å². The van der Waals surface area contributed by atoms with Gasteiger partial charge in [0.15, 0.2) is 5.52 Å². The van der Waals surface area contributed by atoms with Gasteiger partial charge in [-0.3, -0.25) is 4.79 Å². The van der Waals surface area contributed by atoms with Crippen molar-refractivity contribution in [3.05, 3.63) is 34.9 Å². The van der Waals surface area contributed by atoms with Crippen LogP contribution in [0.3, 0.4) is 0 Å².